The summed E-state index contributed by atoms with van der Waals surface area (Å²) in [7, 11) is 3.83. The lowest BCUT2D eigenvalue weighted by Crippen LogP contribution is -2.34. The molecule has 4 nitrogen and oxygen atoms in total. The third-order valence-corrected chi connectivity index (χ3v) is 3.69. The number of nitrogens with two attached hydrogens (primary N) is 1. The zero-order valence-corrected chi connectivity index (χ0v) is 11.9. The smallest absolute Gasteiger partial charge is 0.165 e. The second-order valence-electron chi connectivity index (χ2n) is 5.23. The van der Waals surface area contributed by atoms with E-state index in [1.54, 1.807) is 7.11 Å². The number of benzene rings is 1. The summed E-state index contributed by atoms with van der Waals surface area (Å²) < 4.78 is 11.4. The Hall–Kier alpha value is -1.26. The molecule has 1 atom stereocenters. The lowest BCUT2D eigenvalue weighted by Gasteiger charge is -2.29. The molecule has 0 bridgehead atoms. The van der Waals surface area contributed by atoms with E-state index in [9.17, 15) is 0 Å². The molecule has 1 heterocycles. The Bertz CT molecular complexity index is 387. The van der Waals surface area contributed by atoms with Crippen LogP contribution in [0.2, 0.25) is 0 Å². The third-order valence-electron chi connectivity index (χ3n) is 3.69. The molecule has 0 aromatic heterocycles. The van der Waals surface area contributed by atoms with Gasteiger partial charge in [0.1, 0.15) is 0 Å². The standard InChI is InChI=1S/C15H24N2O2/c1-17-8-4-5-12(10-17)11-19-15-13(9-16)6-3-7-14(15)18-2/h3,6-7,12H,4-5,8-11,16H2,1-2H3. The lowest BCUT2D eigenvalue weighted by molar-refractivity contribution is 0.147. The molecule has 1 aromatic carbocycles. The summed E-state index contributed by atoms with van der Waals surface area (Å²) in [5, 5.41) is 0. The maximum absolute atomic E-state index is 6.01. The van der Waals surface area contributed by atoms with Gasteiger partial charge in [-0.1, -0.05) is 12.1 Å². The van der Waals surface area contributed by atoms with Crippen LogP contribution in [-0.4, -0.2) is 38.8 Å². The third kappa shape index (κ3) is 3.61. The molecule has 2 rings (SSSR count). The number of hydrogen-bond acceptors (Lipinski definition) is 4. The Balaban J connectivity index is 2.01. The first kappa shape index (κ1) is 14.2. The molecule has 19 heavy (non-hydrogen) atoms. The zero-order chi connectivity index (χ0) is 13.7. The molecule has 1 saturated heterocycles. The average molecular weight is 264 g/mol. The van der Waals surface area contributed by atoms with Crippen LogP contribution in [0, 0.1) is 5.92 Å². The Morgan fingerprint density at radius 2 is 2.26 bits per heavy atom. The first-order chi connectivity index (χ1) is 9.24. The molecule has 1 unspecified atom stereocenters. The Labute approximate surface area is 115 Å². The van der Waals surface area contributed by atoms with Crippen molar-refractivity contribution in [3.63, 3.8) is 0 Å². The quantitative estimate of drug-likeness (QED) is 0.882. The summed E-state index contributed by atoms with van der Waals surface area (Å²) in [5.41, 5.74) is 6.76. The number of piperidine rings is 1. The Kier molecular flexibility index (Phi) is 5.05. The van der Waals surface area contributed by atoms with Gasteiger partial charge in [-0.05, 0) is 32.5 Å². The van der Waals surface area contributed by atoms with Crippen molar-refractivity contribution >= 4 is 0 Å². The zero-order valence-electron chi connectivity index (χ0n) is 11.9. The molecule has 4 heteroatoms. The maximum Gasteiger partial charge on any atom is 0.165 e. The van der Waals surface area contributed by atoms with Crippen molar-refractivity contribution in [3.05, 3.63) is 23.8 Å². The van der Waals surface area contributed by atoms with E-state index in [1.807, 2.05) is 18.2 Å². The molecule has 2 N–H and O–H groups in total. The minimum atomic E-state index is 0.469. The van der Waals surface area contributed by atoms with Gasteiger partial charge in [0.15, 0.2) is 11.5 Å². The monoisotopic (exact) mass is 264 g/mol. The Morgan fingerprint density at radius 3 is 2.95 bits per heavy atom. The van der Waals surface area contributed by atoms with E-state index in [0.29, 0.717) is 12.5 Å². The van der Waals surface area contributed by atoms with Crippen molar-refractivity contribution in [2.24, 2.45) is 11.7 Å². The van der Waals surface area contributed by atoms with Crippen LogP contribution in [0.3, 0.4) is 0 Å². The van der Waals surface area contributed by atoms with Crippen LogP contribution in [0.4, 0.5) is 0 Å². The fourth-order valence-corrected chi connectivity index (χ4v) is 2.66. The summed E-state index contributed by atoms with van der Waals surface area (Å²) in [5.74, 6) is 2.17. The van der Waals surface area contributed by atoms with Crippen LogP contribution in [-0.2, 0) is 6.54 Å². The average Bonchev–Trinajstić information content (AvgIpc) is 2.44. The summed E-state index contributed by atoms with van der Waals surface area (Å²) in [6.07, 6.45) is 2.48. The van der Waals surface area contributed by atoms with Gasteiger partial charge in [-0.2, -0.15) is 0 Å². The first-order valence-electron chi connectivity index (χ1n) is 6.92. The molecule has 0 spiro atoms. The Morgan fingerprint density at radius 1 is 1.42 bits per heavy atom. The van der Waals surface area contributed by atoms with E-state index in [2.05, 4.69) is 11.9 Å². The van der Waals surface area contributed by atoms with Gasteiger partial charge in [0.2, 0.25) is 0 Å². The molecule has 1 aliphatic rings. The number of likely N-dealkylation sites (tertiary alicyclic amines) is 1. The van der Waals surface area contributed by atoms with Crippen molar-refractivity contribution < 1.29 is 9.47 Å². The molecule has 1 aliphatic heterocycles. The number of rotatable bonds is 5. The summed E-state index contributed by atoms with van der Waals surface area (Å²) in [6.45, 7) is 3.50. The normalized spacial score (nSPS) is 20.3. The predicted octanol–water partition coefficient (Wildman–Crippen LogP) is 1.87. The van der Waals surface area contributed by atoms with Gasteiger partial charge in [0, 0.05) is 24.6 Å². The van der Waals surface area contributed by atoms with Gasteiger partial charge < -0.3 is 20.1 Å². The highest BCUT2D eigenvalue weighted by molar-refractivity contribution is 5.46. The predicted molar refractivity (Wildman–Crippen MR) is 76.6 cm³/mol. The van der Waals surface area contributed by atoms with Crippen LogP contribution in [0.25, 0.3) is 0 Å². The molecular formula is C15H24N2O2. The minimum Gasteiger partial charge on any atom is -0.493 e. The number of hydrogen-bond donors (Lipinski definition) is 1. The molecular weight excluding hydrogens is 240 g/mol. The van der Waals surface area contributed by atoms with E-state index < -0.39 is 0 Å². The van der Waals surface area contributed by atoms with Crippen LogP contribution in [0.15, 0.2) is 18.2 Å². The van der Waals surface area contributed by atoms with Crippen molar-refractivity contribution in [1.29, 1.82) is 0 Å². The van der Waals surface area contributed by atoms with Gasteiger partial charge >= 0.3 is 0 Å². The second-order valence-corrected chi connectivity index (χ2v) is 5.23. The van der Waals surface area contributed by atoms with Crippen molar-refractivity contribution in [1.82, 2.24) is 4.90 Å². The van der Waals surface area contributed by atoms with E-state index >= 15 is 0 Å². The van der Waals surface area contributed by atoms with E-state index in [1.165, 1.54) is 19.4 Å². The molecule has 0 radical (unpaired) electrons. The van der Waals surface area contributed by atoms with Crippen molar-refractivity contribution in [2.75, 3.05) is 33.9 Å². The van der Waals surface area contributed by atoms with Crippen LogP contribution in [0.1, 0.15) is 18.4 Å². The van der Waals surface area contributed by atoms with E-state index in [0.717, 1.165) is 30.2 Å². The summed E-state index contributed by atoms with van der Waals surface area (Å²) in [6, 6.07) is 5.86. The van der Waals surface area contributed by atoms with Crippen molar-refractivity contribution in [3.8, 4) is 11.5 Å². The number of para-hydroxylation sites is 1. The fraction of sp³-hybridized carbons (Fsp3) is 0.600. The highest BCUT2D eigenvalue weighted by Crippen LogP contribution is 2.31. The fourth-order valence-electron chi connectivity index (χ4n) is 2.66. The first-order valence-corrected chi connectivity index (χ1v) is 6.92. The van der Waals surface area contributed by atoms with Crippen LogP contribution >= 0.6 is 0 Å². The SMILES string of the molecule is COc1cccc(CN)c1OCC1CCCN(C)C1. The highest BCUT2D eigenvalue weighted by atomic mass is 16.5. The van der Waals surface area contributed by atoms with Crippen LogP contribution in [0.5, 0.6) is 11.5 Å². The van der Waals surface area contributed by atoms with Gasteiger partial charge in [0.25, 0.3) is 0 Å². The van der Waals surface area contributed by atoms with E-state index in [-0.39, 0.29) is 0 Å². The van der Waals surface area contributed by atoms with Crippen LogP contribution < -0.4 is 15.2 Å². The second kappa shape index (κ2) is 6.78. The summed E-state index contributed by atoms with van der Waals surface area (Å²) >= 11 is 0. The van der Waals surface area contributed by atoms with E-state index in [4.69, 9.17) is 15.2 Å². The largest absolute Gasteiger partial charge is 0.493 e. The molecule has 0 aliphatic carbocycles. The topological polar surface area (TPSA) is 47.7 Å². The van der Waals surface area contributed by atoms with Gasteiger partial charge in [-0.3, -0.25) is 0 Å². The summed E-state index contributed by atoms with van der Waals surface area (Å²) in [4.78, 5) is 2.36. The minimum absolute atomic E-state index is 0.469. The molecule has 1 fully saturated rings. The number of methoxy groups -OCH3 is 1. The highest BCUT2D eigenvalue weighted by Gasteiger charge is 2.19. The molecule has 0 amide bonds. The van der Waals surface area contributed by atoms with Crippen molar-refractivity contribution in [2.45, 2.75) is 19.4 Å². The number of ether oxygens (including phenoxy) is 2. The lowest BCUT2D eigenvalue weighted by atomic mass is 9.99. The number of nitrogens with zero attached hydrogens (tertiary/aromatic N) is 1. The molecule has 0 saturated carbocycles. The maximum atomic E-state index is 6.01. The van der Waals surface area contributed by atoms with Gasteiger partial charge in [-0.25, -0.2) is 0 Å². The van der Waals surface area contributed by atoms with Gasteiger partial charge in [-0.15, -0.1) is 0 Å². The van der Waals surface area contributed by atoms with Gasteiger partial charge in [0.05, 0.1) is 13.7 Å². The molecule has 106 valence electrons. The molecule has 1 aromatic rings.